The number of nitrogens with zero attached hydrogens (tertiary/aromatic N) is 2. The molecule has 1 saturated heterocycles. The molecule has 2 aromatic carbocycles. The number of hydrogen-bond donors (Lipinski definition) is 2. The third-order valence-electron chi connectivity index (χ3n) is 5.47. The Labute approximate surface area is 168 Å². The van der Waals surface area contributed by atoms with Crippen LogP contribution in [0.1, 0.15) is 27.9 Å². The highest BCUT2D eigenvalue weighted by molar-refractivity contribution is 6.13. The Morgan fingerprint density at radius 1 is 1.17 bits per heavy atom. The number of aliphatic hydroxyl groups is 1. The average Bonchev–Trinajstić information content (AvgIpc) is 3.06. The van der Waals surface area contributed by atoms with E-state index in [1.165, 1.54) is 9.80 Å². The van der Waals surface area contributed by atoms with Gasteiger partial charge in [-0.1, -0.05) is 29.8 Å². The zero-order chi connectivity index (χ0) is 20.7. The summed E-state index contributed by atoms with van der Waals surface area (Å²) in [5, 5.41) is 12.9. The molecule has 0 saturated carbocycles. The predicted molar refractivity (Wildman–Crippen MR) is 109 cm³/mol. The molecular formula is C22H23N3O4. The summed E-state index contributed by atoms with van der Waals surface area (Å²) in [7, 11) is 0. The van der Waals surface area contributed by atoms with Gasteiger partial charge in [-0.15, -0.1) is 0 Å². The Bertz CT molecular complexity index is 1000. The molecule has 0 bridgehead atoms. The topological polar surface area (TPSA) is 89.9 Å². The molecule has 0 unspecified atom stereocenters. The van der Waals surface area contributed by atoms with Crippen LogP contribution in [-0.4, -0.2) is 53.0 Å². The molecule has 2 atom stereocenters. The first kappa shape index (κ1) is 19.1. The standard InChI is InChI=1S/C22H23N3O4/c1-13-7-8-17(14(2)9-13)23-20(27)12-25-18-6-4-3-5-16(18)21(28)24-11-15(26)10-19(24)22(25)29/h3-9,15,19,26H,10-12H2,1-2H3,(H,23,27)/t15-,19-/m0/s1. The highest BCUT2D eigenvalue weighted by atomic mass is 16.3. The summed E-state index contributed by atoms with van der Waals surface area (Å²) in [6.07, 6.45) is -0.572. The Balaban J connectivity index is 1.64. The van der Waals surface area contributed by atoms with E-state index in [1.54, 1.807) is 24.3 Å². The number of hydrogen-bond acceptors (Lipinski definition) is 4. The normalized spacial score (nSPS) is 20.9. The van der Waals surface area contributed by atoms with Crippen molar-refractivity contribution in [3.05, 3.63) is 59.2 Å². The molecule has 0 aromatic heterocycles. The van der Waals surface area contributed by atoms with Crippen LogP contribution in [0.2, 0.25) is 0 Å². The zero-order valence-electron chi connectivity index (χ0n) is 16.4. The molecule has 1 fully saturated rings. The number of aliphatic hydroxyl groups excluding tert-OH is 1. The first-order chi connectivity index (χ1) is 13.8. The van der Waals surface area contributed by atoms with E-state index >= 15 is 0 Å². The van der Waals surface area contributed by atoms with Crippen LogP contribution < -0.4 is 10.2 Å². The molecule has 3 amide bonds. The molecule has 4 rings (SSSR count). The lowest BCUT2D eigenvalue weighted by Crippen LogP contribution is -2.47. The fourth-order valence-electron chi connectivity index (χ4n) is 4.07. The zero-order valence-corrected chi connectivity index (χ0v) is 16.4. The van der Waals surface area contributed by atoms with Gasteiger partial charge in [0, 0.05) is 18.7 Å². The lowest BCUT2D eigenvalue weighted by molar-refractivity contribution is -0.124. The number of rotatable bonds is 3. The molecule has 2 aliphatic heterocycles. The van der Waals surface area contributed by atoms with Gasteiger partial charge < -0.3 is 20.2 Å². The van der Waals surface area contributed by atoms with Crippen LogP contribution in [0.4, 0.5) is 11.4 Å². The summed E-state index contributed by atoms with van der Waals surface area (Å²) in [5.41, 5.74) is 3.49. The van der Waals surface area contributed by atoms with Gasteiger partial charge in [-0.25, -0.2) is 0 Å². The smallest absolute Gasteiger partial charge is 0.256 e. The van der Waals surface area contributed by atoms with E-state index in [1.807, 2.05) is 32.0 Å². The number of carbonyl (C=O) groups is 3. The van der Waals surface area contributed by atoms with Crippen LogP contribution in [0.5, 0.6) is 0 Å². The van der Waals surface area contributed by atoms with E-state index in [0.717, 1.165) is 11.1 Å². The summed E-state index contributed by atoms with van der Waals surface area (Å²) in [6.45, 7) is 3.79. The van der Waals surface area contributed by atoms with Crippen LogP contribution in [0, 0.1) is 13.8 Å². The van der Waals surface area contributed by atoms with E-state index in [-0.39, 0.29) is 37.2 Å². The third kappa shape index (κ3) is 3.49. The molecule has 0 aliphatic carbocycles. The van der Waals surface area contributed by atoms with Gasteiger partial charge in [0.25, 0.3) is 5.91 Å². The maximum atomic E-state index is 13.2. The summed E-state index contributed by atoms with van der Waals surface area (Å²) < 4.78 is 0. The van der Waals surface area contributed by atoms with E-state index in [2.05, 4.69) is 5.32 Å². The van der Waals surface area contributed by atoms with Crippen molar-refractivity contribution in [2.45, 2.75) is 32.4 Å². The van der Waals surface area contributed by atoms with Crippen LogP contribution in [0.15, 0.2) is 42.5 Å². The summed E-state index contributed by atoms with van der Waals surface area (Å²) in [4.78, 5) is 41.7. The van der Waals surface area contributed by atoms with Gasteiger partial charge in [-0.3, -0.25) is 14.4 Å². The molecule has 7 nitrogen and oxygen atoms in total. The van der Waals surface area contributed by atoms with Gasteiger partial charge in [-0.05, 0) is 37.6 Å². The largest absolute Gasteiger partial charge is 0.391 e. The summed E-state index contributed by atoms with van der Waals surface area (Å²) in [6, 6.07) is 11.7. The molecule has 2 aromatic rings. The lowest BCUT2D eigenvalue weighted by atomic mass is 10.1. The maximum absolute atomic E-state index is 13.2. The minimum absolute atomic E-state index is 0.117. The quantitative estimate of drug-likeness (QED) is 0.833. The molecule has 7 heteroatoms. The van der Waals surface area contributed by atoms with Crippen LogP contribution in [-0.2, 0) is 9.59 Å². The Morgan fingerprint density at radius 2 is 1.93 bits per heavy atom. The number of para-hydroxylation sites is 1. The molecule has 150 valence electrons. The van der Waals surface area contributed by atoms with Crippen molar-refractivity contribution >= 4 is 29.1 Å². The van der Waals surface area contributed by atoms with E-state index in [9.17, 15) is 19.5 Å². The van der Waals surface area contributed by atoms with Crippen molar-refractivity contribution in [1.82, 2.24) is 4.90 Å². The van der Waals surface area contributed by atoms with Gasteiger partial charge in [0.05, 0.1) is 17.4 Å². The Morgan fingerprint density at radius 3 is 2.69 bits per heavy atom. The SMILES string of the molecule is Cc1ccc(NC(=O)CN2C(=O)[C@@H]3C[C@H](O)CN3C(=O)c3ccccc32)c(C)c1. The lowest BCUT2D eigenvalue weighted by Gasteiger charge is -2.25. The van der Waals surface area contributed by atoms with E-state index in [4.69, 9.17) is 0 Å². The highest BCUT2D eigenvalue weighted by Crippen LogP contribution is 2.32. The van der Waals surface area contributed by atoms with Gasteiger partial charge in [0.15, 0.2) is 0 Å². The minimum Gasteiger partial charge on any atom is -0.391 e. The van der Waals surface area contributed by atoms with Crippen molar-refractivity contribution < 1.29 is 19.5 Å². The molecule has 0 radical (unpaired) electrons. The van der Waals surface area contributed by atoms with E-state index in [0.29, 0.717) is 16.9 Å². The molecule has 0 spiro atoms. The third-order valence-corrected chi connectivity index (χ3v) is 5.47. The highest BCUT2D eigenvalue weighted by Gasteiger charge is 2.45. The van der Waals surface area contributed by atoms with Crippen molar-refractivity contribution in [2.24, 2.45) is 0 Å². The number of benzene rings is 2. The number of anilines is 2. The van der Waals surface area contributed by atoms with Crippen molar-refractivity contribution in [1.29, 1.82) is 0 Å². The second-order valence-electron chi connectivity index (χ2n) is 7.67. The van der Waals surface area contributed by atoms with Gasteiger partial charge >= 0.3 is 0 Å². The van der Waals surface area contributed by atoms with Gasteiger partial charge in [-0.2, -0.15) is 0 Å². The Hall–Kier alpha value is -3.19. The van der Waals surface area contributed by atoms with E-state index < -0.39 is 12.1 Å². The maximum Gasteiger partial charge on any atom is 0.256 e. The second kappa shape index (κ2) is 7.33. The molecular weight excluding hydrogens is 370 g/mol. The van der Waals surface area contributed by atoms with Crippen molar-refractivity contribution in [3.63, 3.8) is 0 Å². The van der Waals surface area contributed by atoms with Gasteiger partial charge in [0.2, 0.25) is 11.8 Å². The first-order valence-electron chi connectivity index (χ1n) is 9.61. The number of fused-ring (bicyclic) bond motifs is 2. The number of aryl methyl sites for hydroxylation is 2. The second-order valence-corrected chi connectivity index (χ2v) is 7.67. The Kier molecular flexibility index (Phi) is 4.84. The number of nitrogens with one attached hydrogen (secondary N) is 1. The molecule has 2 N–H and O–H groups in total. The average molecular weight is 393 g/mol. The fourth-order valence-corrected chi connectivity index (χ4v) is 4.07. The predicted octanol–water partition coefficient (Wildman–Crippen LogP) is 1.86. The summed E-state index contributed by atoms with van der Waals surface area (Å²) >= 11 is 0. The first-order valence-corrected chi connectivity index (χ1v) is 9.61. The number of carbonyl (C=O) groups excluding carboxylic acids is 3. The van der Waals surface area contributed by atoms with Crippen molar-refractivity contribution in [2.75, 3.05) is 23.3 Å². The van der Waals surface area contributed by atoms with Crippen LogP contribution in [0.3, 0.4) is 0 Å². The summed E-state index contributed by atoms with van der Waals surface area (Å²) in [5.74, 6) is -0.997. The number of amides is 3. The molecule has 2 heterocycles. The molecule has 2 aliphatic rings. The van der Waals surface area contributed by atoms with Crippen LogP contribution in [0.25, 0.3) is 0 Å². The van der Waals surface area contributed by atoms with Crippen molar-refractivity contribution in [3.8, 4) is 0 Å². The fraction of sp³-hybridized carbons (Fsp3) is 0.318. The van der Waals surface area contributed by atoms with Gasteiger partial charge in [0.1, 0.15) is 12.6 Å². The molecule has 29 heavy (non-hydrogen) atoms. The monoisotopic (exact) mass is 393 g/mol. The minimum atomic E-state index is -0.765. The van der Waals surface area contributed by atoms with Crippen LogP contribution >= 0.6 is 0 Å².